The molecule has 2 unspecified atom stereocenters. The fourth-order valence-corrected chi connectivity index (χ4v) is 4.93. The van der Waals surface area contributed by atoms with Crippen LogP contribution in [0.25, 0.3) is 0 Å². The van der Waals surface area contributed by atoms with Gasteiger partial charge in [0.05, 0.1) is 0 Å². The van der Waals surface area contributed by atoms with Crippen molar-refractivity contribution in [2.45, 2.75) is 117 Å². The Morgan fingerprint density at radius 3 is 1.44 bits per heavy atom. The average molecular weight is 481 g/mol. The maximum absolute atomic E-state index is 3.89. The molecular weight excluding hydrogens is 438 g/mol. The van der Waals surface area contributed by atoms with E-state index in [4.69, 9.17) is 0 Å². The summed E-state index contributed by atoms with van der Waals surface area (Å²) in [7, 11) is 0. The summed E-state index contributed by atoms with van der Waals surface area (Å²) in [6.45, 7) is 18.2. The van der Waals surface area contributed by atoms with E-state index in [0.717, 1.165) is 0 Å². The van der Waals surface area contributed by atoms with E-state index in [1.165, 1.54) is 53.2 Å². The van der Waals surface area contributed by atoms with E-state index in [9.17, 15) is 0 Å². The summed E-state index contributed by atoms with van der Waals surface area (Å²) < 4.78 is 1.52. The molecule has 2 N–H and O–H groups in total. The van der Waals surface area contributed by atoms with Crippen LogP contribution >= 0.6 is 0 Å². The molecule has 27 heavy (non-hydrogen) atoms. The summed E-state index contributed by atoms with van der Waals surface area (Å²) in [5.74, 6) is 0. The molecule has 154 valence electrons. The summed E-state index contributed by atoms with van der Waals surface area (Å²) >= 11 is 1.89. The average Bonchev–Trinajstić information content (AvgIpc) is 2.54. The van der Waals surface area contributed by atoms with Gasteiger partial charge in [-0.2, -0.15) is 0 Å². The minimum absolute atomic E-state index is 0.123. The number of nitrogens with one attached hydrogen (secondary N) is 2. The quantitative estimate of drug-likeness (QED) is 0.418. The zero-order chi connectivity index (χ0) is 20.7. The Bertz CT molecular complexity index is 508. The molecule has 1 aromatic carbocycles. The Morgan fingerprint density at radius 2 is 1.15 bits per heavy atom. The van der Waals surface area contributed by atoms with Crippen molar-refractivity contribution in [3.05, 3.63) is 29.3 Å². The summed E-state index contributed by atoms with van der Waals surface area (Å²) in [4.78, 5) is 0. The van der Waals surface area contributed by atoms with Gasteiger partial charge in [-0.15, -0.1) is 0 Å². The van der Waals surface area contributed by atoms with Crippen LogP contribution in [-0.4, -0.2) is 34.1 Å². The van der Waals surface area contributed by atoms with Crippen LogP contribution < -0.4 is 14.1 Å². The fraction of sp³-hybridized carbons (Fsp3) is 0.750. The van der Waals surface area contributed by atoms with Crippen molar-refractivity contribution < 1.29 is 0 Å². The van der Waals surface area contributed by atoms with Gasteiger partial charge in [0.1, 0.15) is 0 Å². The van der Waals surface area contributed by atoms with Crippen LogP contribution in [0.4, 0.5) is 0 Å². The SMILES string of the molecule is CCCCC(NC(C)(C)C)c1cccc(C(CCCC)NC(C)(C)C)[c]1[Sb]. The van der Waals surface area contributed by atoms with E-state index < -0.39 is 0 Å². The Kier molecular flexibility index (Phi) is 10.4. The monoisotopic (exact) mass is 480 g/mol. The van der Waals surface area contributed by atoms with Gasteiger partial charge in [0.15, 0.2) is 0 Å². The summed E-state index contributed by atoms with van der Waals surface area (Å²) in [5.41, 5.74) is 3.25. The molecule has 0 heterocycles. The Labute approximate surface area is 183 Å². The zero-order valence-corrected chi connectivity index (χ0v) is 21.6. The van der Waals surface area contributed by atoms with Crippen LogP contribution in [0.15, 0.2) is 18.2 Å². The van der Waals surface area contributed by atoms with Gasteiger partial charge in [-0.1, -0.05) is 0 Å². The van der Waals surface area contributed by atoms with Gasteiger partial charge in [0, 0.05) is 0 Å². The summed E-state index contributed by atoms with van der Waals surface area (Å²) in [6.07, 6.45) is 7.44. The number of hydrogen-bond donors (Lipinski definition) is 2. The van der Waals surface area contributed by atoms with Crippen molar-refractivity contribution in [2.24, 2.45) is 0 Å². The molecule has 0 saturated heterocycles. The molecule has 0 bridgehead atoms. The second kappa shape index (κ2) is 11.2. The van der Waals surface area contributed by atoms with Crippen LogP contribution in [-0.2, 0) is 0 Å². The molecule has 0 aliphatic carbocycles. The summed E-state index contributed by atoms with van der Waals surface area (Å²) in [5, 5.41) is 7.79. The first kappa shape index (κ1) is 25.0. The molecule has 3 heteroatoms. The number of hydrogen-bond acceptors (Lipinski definition) is 2. The Morgan fingerprint density at radius 1 is 0.778 bits per heavy atom. The first-order valence-corrected chi connectivity index (χ1v) is 12.1. The Balaban J connectivity index is 3.25. The van der Waals surface area contributed by atoms with Crippen LogP contribution in [0.3, 0.4) is 0 Å². The van der Waals surface area contributed by atoms with Crippen LogP contribution in [0.5, 0.6) is 0 Å². The van der Waals surface area contributed by atoms with Crippen molar-refractivity contribution in [3.8, 4) is 0 Å². The molecule has 1 aromatic rings. The van der Waals surface area contributed by atoms with Crippen molar-refractivity contribution in [2.75, 3.05) is 0 Å². The third-order valence-electron chi connectivity index (χ3n) is 4.76. The van der Waals surface area contributed by atoms with Crippen molar-refractivity contribution >= 4 is 26.5 Å². The third kappa shape index (κ3) is 9.33. The van der Waals surface area contributed by atoms with Crippen molar-refractivity contribution in [3.63, 3.8) is 0 Å². The number of benzene rings is 1. The van der Waals surface area contributed by atoms with E-state index in [0.29, 0.717) is 12.1 Å². The first-order valence-electron chi connectivity index (χ1n) is 10.9. The van der Waals surface area contributed by atoms with Crippen LogP contribution in [0.1, 0.15) is 117 Å². The second-order valence-electron chi connectivity index (χ2n) is 9.96. The minimum atomic E-state index is 0.123. The van der Waals surface area contributed by atoms with Gasteiger partial charge in [-0.3, -0.25) is 0 Å². The van der Waals surface area contributed by atoms with Gasteiger partial charge in [-0.25, -0.2) is 0 Å². The van der Waals surface area contributed by atoms with E-state index in [1.807, 2.05) is 23.0 Å². The summed E-state index contributed by atoms with van der Waals surface area (Å²) in [6, 6.07) is 7.85. The van der Waals surface area contributed by atoms with E-state index >= 15 is 0 Å². The molecule has 0 amide bonds. The molecule has 0 saturated carbocycles. The molecule has 2 radical (unpaired) electrons. The molecule has 2 atom stereocenters. The number of rotatable bonds is 10. The predicted octanol–water partition coefficient (Wildman–Crippen LogP) is 5.72. The molecule has 1 rings (SSSR count). The molecule has 0 spiro atoms. The van der Waals surface area contributed by atoms with Gasteiger partial charge < -0.3 is 0 Å². The van der Waals surface area contributed by atoms with E-state index in [2.05, 4.69) is 84.2 Å². The molecule has 0 fully saturated rings. The van der Waals surface area contributed by atoms with Gasteiger partial charge in [0.25, 0.3) is 0 Å². The van der Waals surface area contributed by atoms with Crippen LogP contribution in [0, 0.1) is 0 Å². The van der Waals surface area contributed by atoms with Gasteiger partial charge in [-0.05, 0) is 0 Å². The topological polar surface area (TPSA) is 24.1 Å². The van der Waals surface area contributed by atoms with Gasteiger partial charge in [0.2, 0.25) is 0 Å². The standard InChI is InChI=1S/C24H43N2.Sb/c1-9-11-16-21(25-23(3,4)5)19-14-13-15-20(18-19)22(17-12-10-2)26-24(6,7)8;/h13-15,21-22,25-26H,9-12,16-17H2,1-8H3;. The normalized spacial score (nSPS) is 15.0. The fourth-order valence-electron chi connectivity index (χ4n) is 3.62. The molecule has 0 aliphatic heterocycles. The maximum atomic E-state index is 3.89. The molecule has 0 aliphatic rings. The number of unbranched alkanes of at least 4 members (excludes halogenated alkanes) is 2. The molecule has 0 aromatic heterocycles. The molecular formula is C24H43N2Sb. The zero-order valence-electron chi connectivity index (χ0n) is 19.1. The van der Waals surface area contributed by atoms with E-state index in [1.54, 1.807) is 0 Å². The molecule has 2 nitrogen and oxygen atoms in total. The van der Waals surface area contributed by atoms with Gasteiger partial charge >= 0.3 is 184 Å². The van der Waals surface area contributed by atoms with Crippen LogP contribution in [0.2, 0.25) is 0 Å². The van der Waals surface area contributed by atoms with E-state index in [-0.39, 0.29) is 11.1 Å². The second-order valence-corrected chi connectivity index (χ2v) is 11.2. The third-order valence-corrected chi connectivity index (χ3v) is 6.23. The Hall–Kier alpha value is -0.0418. The first-order chi connectivity index (χ1) is 12.5. The van der Waals surface area contributed by atoms with Crippen molar-refractivity contribution in [1.82, 2.24) is 10.6 Å². The van der Waals surface area contributed by atoms with Crippen molar-refractivity contribution in [1.29, 1.82) is 0 Å². The predicted molar refractivity (Wildman–Crippen MR) is 122 cm³/mol.